The number of nitrogens with one attached hydrogen (secondary N) is 1. The molecule has 0 amide bonds. The molecule has 0 atom stereocenters. The third-order valence-electron chi connectivity index (χ3n) is 2.12. The molecule has 0 aliphatic heterocycles. The normalized spacial score (nSPS) is 10.0. The lowest BCUT2D eigenvalue weighted by Gasteiger charge is -2.12. The molecule has 1 N–H and O–H groups in total. The molecule has 0 unspecified atom stereocenters. The van der Waals surface area contributed by atoms with Crippen molar-refractivity contribution in [1.29, 1.82) is 0 Å². The summed E-state index contributed by atoms with van der Waals surface area (Å²) in [6.45, 7) is 0.198. The largest absolute Gasteiger partial charge is 0.496 e. The van der Waals surface area contributed by atoms with Crippen molar-refractivity contribution in [2.24, 2.45) is 0 Å². The first-order chi connectivity index (χ1) is 7.65. The van der Waals surface area contributed by atoms with E-state index in [9.17, 15) is 4.79 Å². The van der Waals surface area contributed by atoms with E-state index in [-0.39, 0.29) is 17.4 Å². The summed E-state index contributed by atoms with van der Waals surface area (Å²) in [5.74, 6) is 0.774. The van der Waals surface area contributed by atoms with Crippen molar-refractivity contribution < 1.29 is 14.3 Å². The Kier molecular flexibility index (Phi) is 4.58. The zero-order valence-corrected chi connectivity index (χ0v) is 10.2. The van der Waals surface area contributed by atoms with E-state index in [1.165, 1.54) is 14.2 Å². The van der Waals surface area contributed by atoms with E-state index in [0.29, 0.717) is 17.1 Å². The predicted molar refractivity (Wildman–Crippen MR) is 62.8 cm³/mol. The van der Waals surface area contributed by atoms with Gasteiger partial charge in [-0.25, -0.2) is 0 Å². The Hall–Kier alpha value is -1.26. The van der Waals surface area contributed by atoms with Crippen LogP contribution in [0.4, 0.5) is 0 Å². The number of halogens is 1. The van der Waals surface area contributed by atoms with Gasteiger partial charge in [-0.2, -0.15) is 0 Å². The summed E-state index contributed by atoms with van der Waals surface area (Å²) in [5.41, 5.74) is 0.345. The number of ketones is 1. The average molecular weight is 244 g/mol. The predicted octanol–water partition coefficient (Wildman–Crippen LogP) is 1.76. The van der Waals surface area contributed by atoms with E-state index in [4.69, 9.17) is 21.1 Å². The number of methoxy groups -OCH3 is 2. The highest BCUT2D eigenvalue weighted by Crippen LogP contribution is 2.34. The lowest BCUT2D eigenvalue weighted by molar-refractivity contribution is 0.0990. The van der Waals surface area contributed by atoms with E-state index in [2.05, 4.69) is 5.32 Å². The fraction of sp³-hybridized carbons (Fsp3) is 0.364. The van der Waals surface area contributed by atoms with Gasteiger partial charge in [0.1, 0.15) is 11.5 Å². The average Bonchev–Trinajstić information content (AvgIpc) is 2.28. The molecule has 1 aromatic carbocycles. The number of hydrogen-bond acceptors (Lipinski definition) is 4. The van der Waals surface area contributed by atoms with Crippen LogP contribution < -0.4 is 14.8 Å². The summed E-state index contributed by atoms with van der Waals surface area (Å²) in [5, 5.41) is 3.06. The Morgan fingerprint density at radius 1 is 1.31 bits per heavy atom. The smallest absolute Gasteiger partial charge is 0.181 e. The van der Waals surface area contributed by atoms with Crippen molar-refractivity contribution in [3.63, 3.8) is 0 Å². The minimum atomic E-state index is -0.136. The van der Waals surface area contributed by atoms with Crippen molar-refractivity contribution >= 4 is 17.4 Å². The van der Waals surface area contributed by atoms with Crippen molar-refractivity contribution in [1.82, 2.24) is 5.32 Å². The third-order valence-corrected chi connectivity index (χ3v) is 2.50. The first-order valence-corrected chi connectivity index (χ1v) is 5.11. The fourth-order valence-electron chi connectivity index (χ4n) is 1.38. The van der Waals surface area contributed by atoms with Gasteiger partial charge in [0.15, 0.2) is 5.78 Å². The van der Waals surface area contributed by atoms with Gasteiger partial charge in [0.25, 0.3) is 0 Å². The zero-order valence-electron chi connectivity index (χ0n) is 9.46. The van der Waals surface area contributed by atoms with Gasteiger partial charge in [0.2, 0.25) is 0 Å². The highest BCUT2D eigenvalue weighted by Gasteiger charge is 2.19. The van der Waals surface area contributed by atoms with Crippen molar-refractivity contribution in [2.75, 3.05) is 27.8 Å². The van der Waals surface area contributed by atoms with E-state index >= 15 is 0 Å². The van der Waals surface area contributed by atoms with Gasteiger partial charge in [0, 0.05) is 0 Å². The molecular weight excluding hydrogens is 230 g/mol. The maximum atomic E-state index is 11.8. The summed E-state index contributed by atoms with van der Waals surface area (Å²) >= 11 is 6.07. The second kappa shape index (κ2) is 5.72. The van der Waals surface area contributed by atoms with Gasteiger partial charge in [0.05, 0.1) is 31.4 Å². The highest BCUT2D eigenvalue weighted by atomic mass is 35.5. The van der Waals surface area contributed by atoms with Crippen LogP contribution in [0.3, 0.4) is 0 Å². The first kappa shape index (κ1) is 12.8. The number of likely N-dealkylation sites (N-methyl/N-ethyl adjacent to an activating group) is 1. The molecule has 0 spiro atoms. The molecule has 5 heteroatoms. The molecule has 0 saturated carbocycles. The standard InChI is InChI=1S/C11H14ClNO3/c1-13-6-7(14)10-8(15-2)4-5-9(16-3)11(10)12/h4-5,13H,6H2,1-3H3. The molecule has 88 valence electrons. The van der Waals surface area contributed by atoms with Crippen LogP contribution in [0.2, 0.25) is 5.02 Å². The molecule has 16 heavy (non-hydrogen) atoms. The third kappa shape index (κ3) is 2.46. The SMILES string of the molecule is CNCC(=O)c1c(OC)ccc(OC)c1Cl. The number of ether oxygens (including phenoxy) is 2. The van der Waals surface area contributed by atoms with Crippen molar-refractivity contribution in [3.8, 4) is 11.5 Å². The summed E-state index contributed by atoms with van der Waals surface area (Å²) in [4.78, 5) is 11.8. The van der Waals surface area contributed by atoms with Crippen LogP contribution in [0.5, 0.6) is 11.5 Å². The topological polar surface area (TPSA) is 47.6 Å². The lowest BCUT2D eigenvalue weighted by atomic mass is 10.1. The van der Waals surface area contributed by atoms with E-state index in [0.717, 1.165) is 0 Å². The maximum absolute atomic E-state index is 11.8. The number of carbonyl (C=O) groups is 1. The number of hydrogen-bond donors (Lipinski definition) is 1. The molecule has 0 radical (unpaired) electrons. The van der Waals surface area contributed by atoms with Crippen LogP contribution in [0.1, 0.15) is 10.4 Å². The zero-order chi connectivity index (χ0) is 12.1. The van der Waals surface area contributed by atoms with Crippen LogP contribution in [-0.2, 0) is 0 Å². The lowest BCUT2D eigenvalue weighted by Crippen LogP contribution is -2.19. The minimum absolute atomic E-state index is 0.136. The monoisotopic (exact) mass is 243 g/mol. The molecule has 1 aromatic rings. The Morgan fingerprint density at radius 2 is 1.88 bits per heavy atom. The second-order valence-electron chi connectivity index (χ2n) is 3.11. The number of rotatable bonds is 5. The Morgan fingerprint density at radius 3 is 2.38 bits per heavy atom. The summed E-state index contributed by atoms with van der Waals surface area (Å²) in [6, 6.07) is 3.32. The molecule has 1 rings (SSSR count). The maximum Gasteiger partial charge on any atom is 0.181 e. The van der Waals surface area contributed by atoms with Crippen LogP contribution in [0.15, 0.2) is 12.1 Å². The minimum Gasteiger partial charge on any atom is -0.496 e. The van der Waals surface area contributed by atoms with E-state index in [1.54, 1.807) is 19.2 Å². The number of Topliss-reactive ketones (excluding diaryl/α,β-unsaturated/α-hetero) is 1. The summed E-state index contributed by atoms with van der Waals surface area (Å²) in [6.07, 6.45) is 0. The van der Waals surface area contributed by atoms with Crippen LogP contribution in [0, 0.1) is 0 Å². The van der Waals surface area contributed by atoms with Gasteiger partial charge < -0.3 is 14.8 Å². The van der Waals surface area contributed by atoms with Gasteiger partial charge in [-0.3, -0.25) is 4.79 Å². The van der Waals surface area contributed by atoms with E-state index in [1.807, 2.05) is 0 Å². The van der Waals surface area contributed by atoms with Crippen molar-refractivity contribution in [3.05, 3.63) is 22.7 Å². The summed E-state index contributed by atoms with van der Waals surface area (Å²) in [7, 11) is 4.69. The first-order valence-electron chi connectivity index (χ1n) is 4.74. The number of carbonyl (C=O) groups excluding carboxylic acids is 1. The van der Waals surface area contributed by atoms with E-state index < -0.39 is 0 Å². The Labute approximate surface area is 99.5 Å². The second-order valence-corrected chi connectivity index (χ2v) is 3.49. The molecule has 0 heterocycles. The fourth-order valence-corrected chi connectivity index (χ4v) is 1.71. The van der Waals surface area contributed by atoms with Gasteiger partial charge >= 0.3 is 0 Å². The Balaban J connectivity index is 3.26. The van der Waals surface area contributed by atoms with Gasteiger partial charge in [-0.1, -0.05) is 11.6 Å². The van der Waals surface area contributed by atoms with Gasteiger partial charge in [-0.05, 0) is 19.2 Å². The Bertz CT molecular complexity index is 393. The van der Waals surface area contributed by atoms with Crippen LogP contribution in [0.25, 0.3) is 0 Å². The number of benzene rings is 1. The van der Waals surface area contributed by atoms with Gasteiger partial charge in [-0.15, -0.1) is 0 Å². The van der Waals surface area contributed by atoms with Crippen LogP contribution in [-0.4, -0.2) is 33.6 Å². The summed E-state index contributed by atoms with van der Waals surface area (Å²) < 4.78 is 10.2. The molecule has 0 aromatic heterocycles. The molecule has 0 bridgehead atoms. The molecule has 0 fully saturated rings. The highest BCUT2D eigenvalue weighted by molar-refractivity contribution is 6.36. The van der Waals surface area contributed by atoms with Crippen molar-refractivity contribution in [2.45, 2.75) is 0 Å². The molecule has 4 nitrogen and oxygen atoms in total. The molecule has 0 aliphatic carbocycles. The quantitative estimate of drug-likeness (QED) is 0.801. The molecule has 0 aliphatic rings. The molecule has 0 saturated heterocycles. The van der Waals surface area contributed by atoms with Crippen LogP contribution >= 0.6 is 11.6 Å². The molecular formula is C11H14ClNO3.